The number of carbonyl (C=O) groups excluding carboxylic acids is 2. The number of nitrogens with one attached hydrogen (secondary N) is 1. The number of rotatable bonds is 6. The predicted octanol–water partition coefficient (Wildman–Crippen LogP) is 3.68. The van der Waals surface area contributed by atoms with E-state index in [1.807, 2.05) is 31.2 Å². The Morgan fingerprint density at radius 2 is 1.93 bits per heavy atom. The Morgan fingerprint density at radius 3 is 2.69 bits per heavy atom. The van der Waals surface area contributed by atoms with E-state index in [9.17, 15) is 9.59 Å². The summed E-state index contributed by atoms with van der Waals surface area (Å²) in [6, 6.07) is 11.2. The second kappa shape index (κ2) is 9.47. The van der Waals surface area contributed by atoms with Crippen LogP contribution in [0.2, 0.25) is 5.02 Å². The van der Waals surface area contributed by atoms with Gasteiger partial charge in [-0.25, -0.2) is 4.79 Å². The Kier molecular flexibility index (Phi) is 6.77. The molecule has 1 aliphatic rings. The summed E-state index contributed by atoms with van der Waals surface area (Å²) in [6.45, 7) is 4.77. The van der Waals surface area contributed by atoms with Crippen LogP contribution < -0.4 is 14.8 Å². The number of hydrogen-bond donors (Lipinski definition) is 1. The fraction of sp³-hybridized carbons (Fsp3) is 0.273. The van der Waals surface area contributed by atoms with E-state index in [-0.39, 0.29) is 5.91 Å². The molecule has 0 aromatic heterocycles. The molecule has 1 N–H and O–H groups in total. The molecule has 2 aromatic carbocycles. The SMILES string of the molecule is Cc1ccc(CNC(=O)[C@@H](C)OC(=O)/C=C/c2cc(Cl)c3c(c2)OCCO3)cc1. The third-order valence-electron chi connectivity index (χ3n) is 4.28. The van der Waals surface area contributed by atoms with Crippen LogP contribution in [0.1, 0.15) is 23.6 Å². The maximum Gasteiger partial charge on any atom is 0.331 e. The molecule has 1 aliphatic heterocycles. The molecule has 2 aromatic rings. The number of amides is 1. The first kappa shape index (κ1) is 20.7. The number of benzene rings is 2. The van der Waals surface area contributed by atoms with Crippen molar-refractivity contribution in [3.63, 3.8) is 0 Å². The summed E-state index contributed by atoms with van der Waals surface area (Å²) in [5.74, 6) is 0.0285. The minimum absolute atomic E-state index is 0.366. The lowest BCUT2D eigenvalue weighted by atomic mass is 10.1. The Hall–Kier alpha value is -2.99. The fourth-order valence-electron chi connectivity index (χ4n) is 2.70. The zero-order valence-electron chi connectivity index (χ0n) is 16.2. The van der Waals surface area contributed by atoms with Gasteiger partial charge in [-0.05, 0) is 43.2 Å². The second-order valence-corrected chi connectivity index (χ2v) is 7.05. The molecule has 29 heavy (non-hydrogen) atoms. The molecule has 7 heteroatoms. The van der Waals surface area contributed by atoms with Gasteiger partial charge in [0.25, 0.3) is 5.91 Å². The van der Waals surface area contributed by atoms with Crippen molar-refractivity contribution in [3.05, 3.63) is 64.2 Å². The molecule has 1 amide bonds. The van der Waals surface area contributed by atoms with Gasteiger partial charge in [0.15, 0.2) is 17.6 Å². The van der Waals surface area contributed by atoms with E-state index in [1.54, 1.807) is 18.2 Å². The number of fused-ring (bicyclic) bond motifs is 1. The van der Waals surface area contributed by atoms with Crippen molar-refractivity contribution < 1.29 is 23.8 Å². The predicted molar refractivity (Wildman–Crippen MR) is 110 cm³/mol. The highest BCUT2D eigenvalue weighted by Gasteiger charge is 2.17. The van der Waals surface area contributed by atoms with Crippen LogP contribution in [0.25, 0.3) is 6.08 Å². The molecule has 152 valence electrons. The van der Waals surface area contributed by atoms with Gasteiger partial charge >= 0.3 is 5.97 Å². The molecule has 1 heterocycles. The number of esters is 1. The molecule has 0 spiro atoms. The highest BCUT2D eigenvalue weighted by atomic mass is 35.5. The Morgan fingerprint density at radius 1 is 1.21 bits per heavy atom. The molecule has 0 radical (unpaired) electrons. The van der Waals surface area contributed by atoms with E-state index in [4.69, 9.17) is 25.8 Å². The van der Waals surface area contributed by atoms with Gasteiger partial charge in [-0.3, -0.25) is 4.79 Å². The van der Waals surface area contributed by atoms with Crippen molar-refractivity contribution in [2.75, 3.05) is 13.2 Å². The molecule has 0 saturated heterocycles. The van der Waals surface area contributed by atoms with Crippen LogP contribution in [0.3, 0.4) is 0 Å². The molecule has 0 unspecified atom stereocenters. The van der Waals surface area contributed by atoms with Gasteiger partial charge in [-0.2, -0.15) is 0 Å². The van der Waals surface area contributed by atoms with Crippen molar-refractivity contribution >= 4 is 29.6 Å². The lowest BCUT2D eigenvalue weighted by Gasteiger charge is -2.19. The Labute approximate surface area is 174 Å². The molecule has 0 saturated carbocycles. The Bertz CT molecular complexity index is 924. The first-order chi connectivity index (χ1) is 13.9. The topological polar surface area (TPSA) is 73.9 Å². The van der Waals surface area contributed by atoms with Crippen LogP contribution in [0.15, 0.2) is 42.5 Å². The van der Waals surface area contributed by atoms with Gasteiger partial charge in [0.05, 0.1) is 5.02 Å². The number of ether oxygens (including phenoxy) is 3. The van der Waals surface area contributed by atoms with Crippen molar-refractivity contribution in [1.82, 2.24) is 5.32 Å². The highest BCUT2D eigenvalue weighted by molar-refractivity contribution is 6.32. The van der Waals surface area contributed by atoms with Crippen molar-refractivity contribution in [3.8, 4) is 11.5 Å². The molecular weight excluding hydrogens is 394 g/mol. The van der Waals surface area contributed by atoms with Gasteiger partial charge in [0, 0.05) is 12.6 Å². The summed E-state index contributed by atoms with van der Waals surface area (Å²) in [4.78, 5) is 24.2. The quantitative estimate of drug-likeness (QED) is 0.575. The summed E-state index contributed by atoms with van der Waals surface area (Å²) in [6.07, 6.45) is 1.87. The summed E-state index contributed by atoms with van der Waals surface area (Å²) in [5.41, 5.74) is 2.78. The van der Waals surface area contributed by atoms with Crippen LogP contribution in [0.5, 0.6) is 11.5 Å². The van der Waals surface area contributed by atoms with E-state index in [2.05, 4.69) is 5.32 Å². The minimum atomic E-state index is -0.915. The standard InChI is InChI=1S/C22H22ClNO5/c1-14-3-5-16(6-4-14)13-24-22(26)15(2)29-20(25)8-7-17-11-18(23)21-19(12-17)27-9-10-28-21/h3-8,11-12,15H,9-10,13H2,1-2H3,(H,24,26)/b8-7+/t15-/m1/s1. The molecule has 3 rings (SSSR count). The van der Waals surface area contributed by atoms with Gasteiger partial charge in [0.1, 0.15) is 13.2 Å². The lowest BCUT2D eigenvalue weighted by molar-refractivity contribution is -0.150. The first-order valence-corrected chi connectivity index (χ1v) is 9.61. The van der Waals surface area contributed by atoms with Crippen molar-refractivity contribution in [2.24, 2.45) is 0 Å². The number of carbonyl (C=O) groups is 2. The molecule has 6 nitrogen and oxygen atoms in total. The molecule has 0 aliphatic carbocycles. The Balaban J connectivity index is 1.52. The summed E-state index contributed by atoms with van der Waals surface area (Å²) < 4.78 is 16.1. The zero-order valence-corrected chi connectivity index (χ0v) is 17.0. The van der Waals surface area contributed by atoms with Gasteiger partial charge in [0.2, 0.25) is 0 Å². The lowest BCUT2D eigenvalue weighted by Crippen LogP contribution is -2.35. The van der Waals surface area contributed by atoms with Crippen LogP contribution in [0, 0.1) is 6.92 Å². The van der Waals surface area contributed by atoms with Gasteiger partial charge < -0.3 is 19.5 Å². The number of halogens is 1. The van der Waals surface area contributed by atoms with E-state index in [0.29, 0.717) is 41.8 Å². The van der Waals surface area contributed by atoms with Gasteiger partial charge in [-0.1, -0.05) is 41.4 Å². The summed E-state index contributed by atoms with van der Waals surface area (Å²) in [7, 11) is 0. The van der Waals surface area contributed by atoms with E-state index >= 15 is 0 Å². The van der Waals surface area contributed by atoms with E-state index in [0.717, 1.165) is 11.1 Å². The first-order valence-electron chi connectivity index (χ1n) is 9.23. The van der Waals surface area contributed by atoms with Gasteiger partial charge in [-0.15, -0.1) is 0 Å². The average Bonchev–Trinajstić information content (AvgIpc) is 2.71. The summed E-state index contributed by atoms with van der Waals surface area (Å²) >= 11 is 6.17. The van der Waals surface area contributed by atoms with E-state index in [1.165, 1.54) is 13.0 Å². The minimum Gasteiger partial charge on any atom is -0.486 e. The number of aryl methyl sites for hydroxylation is 1. The van der Waals surface area contributed by atoms with Crippen molar-refractivity contribution in [2.45, 2.75) is 26.5 Å². The van der Waals surface area contributed by atoms with Crippen LogP contribution in [0.4, 0.5) is 0 Å². The third kappa shape index (κ3) is 5.74. The highest BCUT2D eigenvalue weighted by Crippen LogP contribution is 2.38. The molecular formula is C22H22ClNO5. The second-order valence-electron chi connectivity index (χ2n) is 6.64. The average molecular weight is 416 g/mol. The van der Waals surface area contributed by atoms with E-state index < -0.39 is 12.1 Å². The fourth-order valence-corrected chi connectivity index (χ4v) is 2.97. The smallest absolute Gasteiger partial charge is 0.331 e. The number of hydrogen-bond acceptors (Lipinski definition) is 5. The summed E-state index contributed by atoms with van der Waals surface area (Å²) in [5, 5.41) is 3.15. The zero-order chi connectivity index (χ0) is 20.8. The maximum absolute atomic E-state index is 12.1. The normalized spacial score (nSPS) is 13.8. The van der Waals surface area contributed by atoms with Crippen molar-refractivity contribution in [1.29, 1.82) is 0 Å². The third-order valence-corrected chi connectivity index (χ3v) is 4.56. The largest absolute Gasteiger partial charge is 0.486 e. The molecule has 0 bridgehead atoms. The maximum atomic E-state index is 12.1. The monoisotopic (exact) mass is 415 g/mol. The molecule has 0 fully saturated rings. The van der Waals surface area contributed by atoms with Crippen LogP contribution >= 0.6 is 11.6 Å². The van der Waals surface area contributed by atoms with Crippen LogP contribution in [-0.2, 0) is 20.9 Å². The van der Waals surface area contributed by atoms with Crippen LogP contribution in [-0.4, -0.2) is 31.2 Å². The molecule has 1 atom stereocenters.